The van der Waals surface area contributed by atoms with Crippen molar-refractivity contribution in [3.63, 3.8) is 0 Å². The predicted octanol–water partition coefficient (Wildman–Crippen LogP) is 3.72. The Morgan fingerprint density at radius 3 is 2.67 bits per heavy atom. The largest absolute Gasteiger partial charge is 0.397 e. The third kappa shape index (κ3) is 2.20. The molecule has 27 heavy (non-hydrogen) atoms. The zero-order chi connectivity index (χ0) is 18.7. The lowest BCUT2D eigenvalue weighted by molar-refractivity contribution is 0.103. The summed E-state index contributed by atoms with van der Waals surface area (Å²) < 4.78 is 1.89. The topological polar surface area (TPSA) is 99.0 Å². The molecule has 4 aromatic rings. The molecule has 0 spiro atoms. The minimum absolute atomic E-state index is 0.273. The standard InChI is InChI=1S/C19H13N5OS2/c20-14-12-11-10-7-4-8-24(10)19(26)13(11)16(21)23-18(12)27-15(14)17(25)22-9-5-2-1-3-6-9/h1-8H,20H2,(H2,21,23)(H,22,25). The third-order valence-corrected chi connectivity index (χ3v) is 6.08. The molecule has 8 heteroatoms. The highest BCUT2D eigenvalue weighted by Crippen LogP contribution is 2.46. The van der Waals surface area contributed by atoms with E-state index in [2.05, 4.69) is 10.3 Å². The monoisotopic (exact) mass is 391 g/mol. The zero-order valence-electron chi connectivity index (χ0n) is 13.9. The number of aromatic nitrogens is 2. The van der Waals surface area contributed by atoms with Gasteiger partial charge in [-0.25, -0.2) is 4.98 Å². The van der Waals surface area contributed by atoms with E-state index < -0.39 is 0 Å². The van der Waals surface area contributed by atoms with E-state index >= 15 is 0 Å². The van der Waals surface area contributed by atoms with Crippen LogP contribution >= 0.6 is 23.6 Å². The molecule has 0 saturated carbocycles. The van der Waals surface area contributed by atoms with E-state index in [1.165, 1.54) is 11.3 Å². The highest BCUT2D eigenvalue weighted by molar-refractivity contribution is 7.80. The molecule has 1 aromatic carbocycles. The molecule has 1 aliphatic heterocycles. The van der Waals surface area contributed by atoms with Crippen molar-refractivity contribution in [2.75, 3.05) is 16.8 Å². The van der Waals surface area contributed by atoms with Crippen molar-refractivity contribution in [2.45, 2.75) is 0 Å². The van der Waals surface area contributed by atoms with Crippen molar-refractivity contribution in [3.8, 4) is 11.3 Å². The fraction of sp³-hybridized carbons (Fsp3) is 0. The molecule has 0 unspecified atom stereocenters. The SMILES string of the molecule is Nc1nc2sc(C(=O)Nc3ccccc3)c(N)c2c2c1C(=S)n1cccc1-2. The van der Waals surface area contributed by atoms with Crippen LogP contribution < -0.4 is 16.8 Å². The number of nitrogens with zero attached hydrogens (tertiary/aromatic N) is 2. The lowest BCUT2D eigenvalue weighted by Gasteiger charge is -2.06. The summed E-state index contributed by atoms with van der Waals surface area (Å²) in [5.41, 5.74) is 16.1. The number of thiocarbonyl (C=S) groups is 1. The number of hydrogen-bond acceptors (Lipinski definition) is 6. The van der Waals surface area contributed by atoms with Gasteiger partial charge in [0.2, 0.25) is 0 Å². The van der Waals surface area contributed by atoms with Crippen molar-refractivity contribution in [2.24, 2.45) is 0 Å². The predicted molar refractivity (Wildman–Crippen MR) is 113 cm³/mol. The van der Waals surface area contributed by atoms with Crippen molar-refractivity contribution in [1.29, 1.82) is 0 Å². The second kappa shape index (κ2) is 5.63. The molecule has 0 radical (unpaired) electrons. The number of carbonyl (C=O) groups excluding carboxylic acids is 1. The number of para-hydroxylation sites is 1. The van der Waals surface area contributed by atoms with E-state index in [0.29, 0.717) is 37.5 Å². The minimum atomic E-state index is -0.273. The van der Waals surface area contributed by atoms with Gasteiger partial charge in [-0.15, -0.1) is 11.3 Å². The average Bonchev–Trinajstić information content (AvgIpc) is 3.32. The summed E-state index contributed by atoms with van der Waals surface area (Å²) in [5.74, 6) is 0.0763. The van der Waals surface area contributed by atoms with Crippen LogP contribution in [0, 0.1) is 0 Å². The first-order valence-electron chi connectivity index (χ1n) is 8.16. The second-order valence-corrected chi connectivity index (χ2v) is 7.55. The van der Waals surface area contributed by atoms with Gasteiger partial charge in [-0.05, 0) is 24.3 Å². The number of carbonyl (C=O) groups is 1. The van der Waals surface area contributed by atoms with Crippen LogP contribution in [0.2, 0.25) is 0 Å². The molecule has 6 nitrogen and oxygen atoms in total. The van der Waals surface area contributed by atoms with Crippen molar-refractivity contribution in [3.05, 3.63) is 59.1 Å². The molecular weight excluding hydrogens is 378 g/mol. The minimum Gasteiger partial charge on any atom is -0.397 e. The number of fused-ring (bicyclic) bond motifs is 5. The molecule has 0 fully saturated rings. The zero-order valence-corrected chi connectivity index (χ0v) is 15.5. The Morgan fingerprint density at radius 1 is 1.11 bits per heavy atom. The van der Waals surface area contributed by atoms with Crippen LogP contribution in [0.5, 0.6) is 0 Å². The van der Waals surface area contributed by atoms with Crippen LogP contribution in [0.3, 0.4) is 0 Å². The number of nitrogens with one attached hydrogen (secondary N) is 1. The summed E-state index contributed by atoms with van der Waals surface area (Å²) in [5, 5.41) is 3.59. The van der Waals surface area contributed by atoms with Gasteiger partial charge >= 0.3 is 0 Å². The maximum Gasteiger partial charge on any atom is 0.267 e. The first-order valence-corrected chi connectivity index (χ1v) is 9.39. The van der Waals surface area contributed by atoms with Crippen molar-refractivity contribution < 1.29 is 4.79 Å². The molecule has 0 aliphatic carbocycles. The summed E-state index contributed by atoms with van der Waals surface area (Å²) in [7, 11) is 0. The Hall–Kier alpha value is -3.23. The van der Waals surface area contributed by atoms with Gasteiger partial charge in [0, 0.05) is 22.8 Å². The fourth-order valence-corrected chi connectivity index (χ4v) is 4.78. The van der Waals surface area contributed by atoms with E-state index in [1.54, 1.807) is 0 Å². The highest BCUT2D eigenvalue weighted by Gasteiger charge is 2.31. The maximum absolute atomic E-state index is 12.8. The lowest BCUT2D eigenvalue weighted by Crippen LogP contribution is -2.11. The van der Waals surface area contributed by atoms with Crippen molar-refractivity contribution in [1.82, 2.24) is 9.55 Å². The first-order chi connectivity index (χ1) is 13.1. The smallest absolute Gasteiger partial charge is 0.267 e. The Balaban J connectivity index is 1.71. The van der Waals surface area contributed by atoms with Crippen LogP contribution in [0.4, 0.5) is 17.2 Å². The molecule has 132 valence electrons. The summed E-state index contributed by atoms with van der Waals surface area (Å²) in [6.45, 7) is 0. The highest BCUT2D eigenvalue weighted by atomic mass is 32.1. The van der Waals surface area contributed by atoms with Gasteiger partial charge in [0.05, 0.1) is 16.9 Å². The van der Waals surface area contributed by atoms with Crippen LogP contribution in [0.1, 0.15) is 15.2 Å². The molecular formula is C19H13N5OS2. The Kier molecular flexibility index (Phi) is 3.33. The molecule has 5 rings (SSSR count). The van der Waals surface area contributed by atoms with E-state index in [9.17, 15) is 4.79 Å². The Labute approximate surface area is 163 Å². The number of benzene rings is 1. The number of hydrogen-bond donors (Lipinski definition) is 3. The lowest BCUT2D eigenvalue weighted by atomic mass is 10.0. The number of pyridine rings is 1. The third-order valence-electron chi connectivity index (χ3n) is 4.58. The van der Waals surface area contributed by atoms with Gasteiger partial charge in [-0.3, -0.25) is 4.79 Å². The molecule has 1 amide bonds. The maximum atomic E-state index is 12.8. The average molecular weight is 391 g/mol. The van der Waals surface area contributed by atoms with Gasteiger partial charge in [-0.2, -0.15) is 0 Å². The summed E-state index contributed by atoms with van der Waals surface area (Å²) in [6.07, 6.45) is 1.88. The van der Waals surface area contributed by atoms with Gasteiger partial charge in [-0.1, -0.05) is 30.4 Å². The Bertz CT molecular complexity index is 1260. The molecule has 4 heterocycles. The molecule has 5 N–H and O–H groups in total. The number of nitrogen functional groups attached to an aromatic ring is 2. The van der Waals surface area contributed by atoms with E-state index in [4.69, 9.17) is 23.7 Å². The van der Waals surface area contributed by atoms with Gasteiger partial charge in [0.25, 0.3) is 5.91 Å². The molecule has 3 aromatic heterocycles. The number of thiophene rings is 1. The normalized spacial score (nSPS) is 12.2. The van der Waals surface area contributed by atoms with E-state index in [0.717, 1.165) is 16.6 Å². The number of rotatable bonds is 2. The number of amides is 1. The molecule has 0 bridgehead atoms. The van der Waals surface area contributed by atoms with E-state index in [-0.39, 0.29) is 5.91 Å². The van der Waals surface area contributed by atoms with Crippen LogP contribution in [0.25, 0.3) is 21.5 Å². The van der Waals surface area contributed by atoms with Gasteiger partial charge in [0.15, 0.2) is 0 Å². The van der Waals surface area contributed by atoms with Crippen molar-refractivity contribution >= 4 is 61.9 Å². The molecule has 1 aliphatic rings. The molecule has 0 saturated heterocycles. The summed E-state index contributed by atoms with van der Waals surface area (Å²) in [4.78, 5) is 18.9. The van der Waals surface area contributed by atoms with Crippen LogP contribution in [0.15, 0.2) is 48.7 Å². The summed E-state index contributed by atoms with van der Waals surface area (Å²) in [6, 6.07) is 13.1. The van der Waals surface area contributed by atoms with Crippen LogP contribution in [-0.2, 0) is 0 Å². The van der Waals surface area contributed by atoms with Crippen LogP contribution in [-0.4, -0.2) is 20.4 Å². The van der Waals surface area contributed by atoms with Gasteiger partial charge in [0.1, 0.15) is 20.5 Å². The molecule has 0 atom stereocenters. The first kappa shape index (κ1) is 16.0. The summed E-state index contributed by atoms with van der Waals surface area (Å²) >= 11 is 6.78. The fourth-order valence-electron chi connectivity index (χ4n) is 3.40. The number of anilines is 3. The number of nitrogens with two attached hydrogens (primary N) is 2. The van der Waals surface area contributed by atoms with Gasteiger partial charge < -0.3 is 21.4 Å². The van der Waals surface area contributed by atoms with E-state index in [1.807, 2.05) is 53.2 Å². The second-order valence-electron chi connectivity index (χ2n) is 6.16. The quantitative estimate of drug-likeness (QED) is 0.398. The Morgan fingerprint density at radius 2 is 1.89 bits per heavy atom.